The van der Waals surface area contributed by atoms with Crippen LogP contribution in [-0.2, 0) is 4.74 Å². The molecule has 0 bridgehead atoms. The van der Waals surface area contributed by atoms with E-state index in [0.29, 0.717) is 17.5 Å². The molecule has 8 heteroatoms. The lowest BCUT2D eigenvalue weighted by Crippen LogP contribution is -2.21. The van der Waals surface area contributed by atoms with Gasteiger partial charge >= 0.3 is 6.18 Å². The van der Waals surface area contributed by atoms with Gasteiger partial charge in [-0.25, -0.2) is 4.98 Å². The fourth-order valence-corrected chi connectivity index (χ4v) is 3.36. The number of aromatic nitrogens is 1. The van der Waals surface area contributed by atoms with E-state index in [1.165, 1.54) is 37.5 Å². The van der Waals surface area contributed by atoms with E-state index in [0.717, 1.165) is 11.8 Å². The van der Waals surface area contributed by atoms with E-state index in [1.807, 2.05) is 0 Å². The third-order valence-corrected chi connectivity index (χ3v) is 4.57. The topological polar surface area (TPSA) is 74.6 Å². The van der Waals surface area contributed by atoms with Crippen LogP contribution in [0, 0.1) is 5.92 Å². The second-order valence-corrected chi connectivity index (χ2v) is 6.60. The number of phenols is 1. The molecule has 5 nitrogen and oxygen atoms in total. The number of benzene rings is 1. The molecular weight excluding hydrogens is 349 g/mol. The van der Waals surface area contributed by atoms with Gasteiger partial charge in [-0.3, -0.25) is 0 Å². The Balaban J connectivity index is 0.000000181. The average molecular weight is 370 g/mol. The van der Waals surface area contributed by atoms with E-state index in [-0.39, 0.29) is 11.6 Å². The number of halogens is 3. The van der Waals surface area contributed by atoms with Gasteiger partial charge in [-0.15, -0.1) is 0 Å². The summed E-state index contributed by atoms with van der Waals surface area (Å²) in [5, 5.41) is 21.2. The summed E-state index contributed by atoms with van der Waals surface area (Å²) < 4.78 is 41.2. The Kier molecular flexibility index (Phi) is 5.52. The van der Waals surface area contributed by atoms with Crippen molar-refractivity contribution in [3.05, 3.63) is 30.3 Å². The number of phenolic OH excluding ortho intramolecular Hbond substituents is 1. The van der Waals surface area contributed by atoms with Crippen LogP contribution >= 0.6 is 0 Å². The Morgan fingerprint density at radius 1 is 1.19 bits per heavy atom. The molecule has 0 amide bonds. The number of anilines is 1. The first-order chi connectivity index (χ1) is 12.3. The minimum absolute atomic E-state index is 0.0259. The number of nitrogens with one attached hydrogen (secondary N) is 1. The zero-order valence-corrected chi connectivity index (χ0v) is 14.0. The molecule has 2 aliphatic rings. The van der Waals surface area contributed by atoms with E-state index in [9.17, 15) is 18.3 Å². The number of aliphatic hydroxyl groups excluding tert-OH is 1. The zero-order chi connectivity index (χ0) is 18.7. The number of pyridine rings is 1. The van der Waals surface area contributed by atoms with Crippen molar-refractivity contribution >= 4 is 16.7 Å². The molecule has 142 valence electrons. The fraction of sp³-hybridized carbons (Fsp3) is 0.500. The van der Waals surface area contributed by atoms with Crippen LogP contribution < -0.4 is 5.32 Å². The molecule has 2 fully saturated rings. The fourth-order valence-electron chi connectivity index (χ4n) is 3.36. The predicted octanol–water partition coefficient (Wildman–Crippen LogP) is 3.81. The summed E-state index contributed by atoms with van der Waals surface area (Å²) in [5.41, 5.74) is 0.442. The highest BCUT2D eigenvalue weighted by molar-refractivity contribution is 5.81. The predicted molar refractivity (Wildman–Crippen MR) is 90.8 cm³/mol. The van der Waals surface area contributed by atoms with Crippen LogP contribution in [0.5, 0.6) is 5.75 Å². The van der Waals surface area contributed by atoms with Crippen molar-refractivity contribution in [2.45, 2.75) is 44.3 Å². The highest BCUT2D eigenvalue weighted by Gasteiger charge is 2.37. The standard InChI is InChI=1S/C11H9F3N2O.C7H12O2/c12-11(13,14)6-15-10-4-2-7-1-3-8(17)5-9(7)16-10;8-7-4-5-2-1-3-6(5)9-7/h1-5,17H,6H2,(H,15,16);5-8H,1-4H2. The van der Waals surface area contributed by atoms with Crippen molar-refractivity contribution in [3.8, 4) is 5.75 Å². The quantitative estimate of drug-likeness (QED) is 0.750. The molecule has 1 saturated heterocycles. The van der Waals surface area contributed by atoms with Gasteiger partial charge in [-0.2, -0.15) is 13.2 Å². The Bertz CT molecular complexity index is 742. The van der Waals surface area contributed by atoms with Crippen molar-refractivity contribution in [3.63, 3.8) is 0 Å². The zero-order valence-electron chi connectivity index (χ0n) is 14.0. The summed E-state index contributed by atoms with van der Waals surface area (Å²) in [5.74, 6) is 0.832. The number of hydrogen-bond acceptors (Lipinski definition) is 5. The lowest BCUT2D eigenvalue weighted by atomic mass is 10.1. The Labute approximate surface area is 148 Å². The normalized spacial score (nSPS) is 24.8. The molecule has 1 saturated carbocycles. The van der Waals surface area contributed by atoms with Gasteiger partial charge in [0.05, 0.1) is 11.6 Å². The SMILES string of the molecule is OC1CC2CCCC2O1.Oc1ccc2ccc(NCC(F)(F)F)nc2c1. The maximum atomic E-state index is 12.0. The number of ether oxygens (including phenoxy) is 1. The van der Waals surface area contributed by atoms with Gasteiger partial charge in [0, 0.05) is 17.9 Å². The molecular formula is C18H21F3N2O3. The lowest BCUT2D eigenvalue weighted by molar-refractivity contribution is -0.115. The second kappa shape index (κ2) is 7.67. The van der Waals surface area contributed by atoms with Crippen LogP contribution in [0.15, 0.2) is 30.3 Å². The van der Waals surface area contributed by atoms with E-state index in [4.69, 9.17) is 9.84 Å². The third kappa shape index (κ3) is 4.98. The summed E-state index contributed by atoms with van der Waals surface area (Å²) in [7, 11) is 0. The number of nitrogens with zero attached hydrogens (tertiary/aromatic N) is 1. The number of alkyl halides is 3. The summed E-state index contributed by atoms with van der Waals surface area (Å²) in [6.07, 6.45) is 0.284. The van der Waals surface area contributed by atoms with E-state index in [1.54, 1.807) is 12.1 Å². The number of rotatable bonds is 2. The molecule has 0 spiro atoms. The first kappa shape index (κ1) is 18.7. The molecule has 1 aromatic carbocycles. The van der Waals surface area contributed by atoms with Crippen LogP contribution in [0.4, 0.5) is 19.0 Å². The van der Waals surface area contributed by atoms with Gasteiger partial charge in [0.2, 0.25) is 0 Å². The highest BCUT2D eigenvalue weighted by Crippen LogP contribution is 2.37. The number of aliphatic hydroxyl groups is 1. The Hall–Kier alpha value is -2.06. The first-order valence-corrected chi connectivity index (χ1v) is 8.54. The van der Waals surface area contributed by atoms with Crippen molar-refractivity contribution < 1.29 is 28.1 Å². The molecule has 2 heterocycles. The van der Waals surface area contributed by atoms with Gasteiger partial charge < -0.3 is 20.3 Å². The largest absolute Gasteiger partial charge is 0.508 e. The van der Waals surface area contributed by atoms with Gasteiger partial charge in [-0.1, -0.05) is 6.42 Å². The van der Waals surface area contributed by atoms with Gasteiger partial charge in [0.25, 0.3) is 0 Å². The van der Waals surface area contributed by atoms with Crippen LogP contribution in [0.25, 0.3) is 10.9 Å². The molecule has 3 N–H and O–H groups in total. The molecule has 3 atom stereocenters. The van der Waals surface area contributed by atoms with E-state index < -0.39 is 19.0 Å². The van der Waals surface area contributed by atoms with Crippen LogP contribution in [0.2, 0.25) is 0 Å². The van der Waals surface area contributed by atoms with Gasteiger partial charge in [-0.05, 0) is 43.0 Å². The Morgan fingerprint density at radius 3 is 2.69 bits per heavy atom. The van der Waals surface area contributed by atoms with Crippen LogP contribution in [0.1, 0.15) is 25.7 Å². The minimum atomic E-state index is -4.28. The first-order valence-electron chi connectivity index (χ1n) is 8.54. The molecule has 1 aromatic heterocycles. The molecule has 1 aliphatic carbocycles. The summed E-state index contributed by atoms with van der Waals surface area (Å²) >= 11 is 0. The third-order valence-electron chi connectivity index (χ3n) is 4.57. The molecule has 3 unspecified atom stereocenters. The van der Waals surface area contributed by atoms with Crippen molar-refractivity contribution in [1.29, 1.82) is 0 Å². The number of hydrogen-bond donors (Lipinski definition) is 3. The maximum absolute atomic E-state index is 12.0. The average Bonchev–Trinajstić information content (AvgIpc) is 3.13. The monoisotopic (exact) mass is 370 g/mol. The minimum Gasteiger partial charge on any atom is -0.508 e. The van der Waals surface area contributed by atoms with E-state index >= 15 is 0 Å². The number of fused-ring (bicyclic) bond motifs is 2. The van der Waals surface area contributed by atoms with Crippen LogP contribution in [-0.4, -0.2) is 40.3 Å². The number of aromatic hydroxyl groups is 1. The van der Waals surface area contributed by atoms with Gasteiger partial charge in [0.15, 0.2) is 6.29 Å². The molecule has 1 aliphatic heterocycles. The maximum Gasteiger partial charge on any atom is 0.405 e. The van der Waals surface area contributed by atoms with Crippen molar-refractivity contribution in [1.82, 2.24) is 4.98 Å². The molecule has 4 rings (SSSR count). The van der Waals surface area contributed by atoms with Crippen molar-refractivity contribution in [2.24, 2.45) is 5.92 Å². The molecule has 0 radical (unpaired) electrons. The van der Waals surface area contributed by atoms with Crippen molar-refractivity contribution in [2.75, 3.05) is 11.9 Å². The van der Waals surface area contributed by atoms with E-state index in [2.05, 4.69) is 10.3 Å². The highest BCUT2D eigenvalue weighted by atomic mass is 19.4. The van der Waals surface area contributed by atoms with Gasteiger partial charge in [0.1, 0.15) is 18.1 Å². The second-order valence-electron chi connectivity index (χ2n) is 6.60. The summed E-state index contributed by atoms with van der Waals surface area (Å²) in [6.45, 7) is -1.13. The lowest BCUT2D eigenvalue weighted by Gasteiger charge is -2.09. The smallest absolute Gasteiger partial charge is 0.405 e. The Morgan fingerprint density at radius 2 is 1.96 bits per heavy atom. The summed E-state index contributed by atoms with van der Waals surface area (Å²) in [6, 6.07) is 7.64. The van der Waals surface area contributed by atoms with Crippen LogP contribution in [0.3, 0.4) is 0 Å². The summed E-state index contributed by atoms with van der Waals surface area (Å²) in [4.78, 5) is 3.97. The molecule has 2 aromatic rings. The molecule has 26 heavy (non-hydrogen) atoms.